The van der Waals surface area contributed by atoms with Crippen LogP contribution in [0.5, 0.6) is 11.5 Å². The summed E-state index contributed by atoms with van der Waals surface area (Å²) in [5.41, 5.74) is 0.0322. The number of ketones is 1. The van der Waals surface area contributed by atoms with E-state index in [1.165, 1.54) is 0 Å². The van der Waals surface area contributed by atoms with Crippen LogP contribution in [0.4, 0.5) is 0 Å². The van der Waals surface area contributed by atoms with Crippen LogP contribution in [0.15, 0.2) is 18.2 Å². The number of rotatable bonds is 3. The van der Waals surface area contributed by atoms with Gasteiger partial charge in [0.2, 0.25) is 0 Å². The van der Waals surface area contributed by atoms with Crippen LogP contribution in [-0.2, 0) is 4.74 Å². The molecule has 4 heteroatoms. The summed E-state index contributed by atoms with van der Waals surface area (Å²) in [4.78, 5) is 12.4. The van der Waals surface area contributed by atoms with E-state index in [4.69, 9.17) is 14.2 Å². The van der Waals surface area contributed by atoms with Crippen molar-refractivity contribution in [2.45, 2.75) is 24.9 Å². The van der Waals surface area contributed by atoms with Gasteiger partial charge in [-0.2, -0.15) is 0 Å². The average Bonchev–Trinajstić information content (AvgIpc) is 2.37. The number of carbonyl (C=O) groups excluding carboxylic acids is 1. The standard InChI is InChI=1S/C14H16O4/c1-16-14(5-2-6-14)13(15)10-3-4-11-12(9-10)18-8-7-17-11/h3-4,9H,2,5-8H2,1H3. The Morgan fingerprint density at radius 1 is 1.22 bits per heavy atom. The third kappa shape index (κ3) is 1.68. The molecule has 1 aromatic carbocycles. The van der Waals surface area contributed by atoms with Crippen LogP contribution in [0, 0.1) is 0 Å². The largest absolute Gasteiger partial charge is 0.486 e. The van der Waals surface area contributed by atoms with Gasteiger partial charge in [0.05, 0.1) is 0 Å². The van der Waals surface area contributed by atoms with Gasteiger partial charge in [0.15, 0.2) is 17.3 Å². The SMILES string of the molecule is COC1(C(=O)c2ccc3c(c2)OCCO3)CCC1. The Bertz CT molecular complexity index is 471. The molecule has 0 atom stereocenters. The van der Waals surface area contributed by atoms with E-state index < -0.39 is 5.60 Å². The first kappa shape index (κ1) is 11.5. The van der Waals surface area contributed by atoms with Gasteiger partial charge in [-0.3, -0.25) is 4.79 Å². The van der Waals surface area contributed by atoms with Crippen molar-refractivity contribution in [2.24, 2.45) is 0 Å². The normalized spacial score (nSPS) is 20.1. The number of hydrogen-bond acceptors (Lipinski definition) is 4. The Kier molecular flexibility index (Phi) is 2.74. The number of Topliss-reactive ketones (excluding diaryl/α,β-unsaturated/α-hetero) is 1. The molecule has 0 saturated heterocycles. The van der Waals surface area contributed by atoms with Crippen molar-refractivity contribution in [1.82, 2.24) is 0 Å². The van der Waals surface area contributed by atoms with E-state index in [2.05, 4.69) is 0 Å². The molecule has 0 unspecified atom stereocenters. The summed E-state index contributed by atoms with van der Waals surface area (Å²) in [6.45, 7) is 1.09. The molecule has 1 aliphatic carbocycles. The van der Waals surface area contributed by atoms with Crippen LogP contribution < -0.4 is 9.47 Å². The minimum absolute atomic E-state index is 0.0493. The van der Waals surface area contributed by atoms with Crippen molar-refractivity contribution < 1.29 is 19.0 Å². The fraction of sp³-hybridized carbons (Fsp3) is 0.500. The molecule has 96 valence electrons. The Morgan fingerprint density at radius 3 is 2.56 bits per heavy atom. The molecule has 0 radical (unpaired) electrons. The van der Waals surface area contributed by atoms with E-state index in [-0.39, 0.29) is 5.78 Å². The quantitative estimate of drug-likeness (QED) is 0.769. The minimum Gasteiger partial charge on any atom is -0.486 e. The molecule has 18 heavy (non-hydrogen) atoms. The molecule has 2 aliphatic rings. The lowest BCUT2D eigenvalue weighted by Gasteiger charge is -2.38. The zero-order valence-electron chi connectivity index (χ0n) is 10.4. The lowest BCUT2D eigenvalue weighted by atomic mass is 9.75. The number of fused-ring (bicyclic) bond motifs is 1. The minimum atomic E-state index is -0.607. The van der Waals surface area contributed by atoms with Crippen LogP contribution in [0.2, 0.25) is 0 Å². The molecule has 1 aliphatic heterocycles. The van der Waals surface area contributed by atoms with Crippen molar-refractivity contribution in [3.63, 3.8) is 0 Å². The fourth-order valence-electron chi connectivity index (χ4n) is 2.47. The van der Waals surface area contributed by atoms with Crippen molar-refractivity contribution in [2.75, 3.05) is 20.3 Å². The molecule has 0 aromatic heterocycles. The second-order valence-corrected chi connectivity index (χ2v) is 4.74. The lowest BCUT2D eigenvalue weighted by molar-refractivity contribution is -0.0448. The van der Waals surface area contributed by atoms with E-state index in [1.807, 2.05) is 0 Å². The van der Waals surface area contributed by atoms with E-state index in [1.54, 1.807) is 25.3 Å². The molecule has 1 heterocycles. The van der Waals surface area contributed by atoms with Gasteiger partial charge in [0, 0.05) is 12.7 Å². The topological polar surface area (TPSA) is 44.8 Å². The van der Waals surface area contributed by atoms with Crippen molar-refractivity contribution in [3.8, 4) is 11.5 Å². The van der Waals surface area contributed by atoms with Gasteiger partial charge in [0.1, 0.15) is 18.8 Å². The van der Waals surface area contributed by atoms with Crippen LogP contribution in [0.25, 0.3) is 0 Å². The smallest absolute Gasteiger partial charge is 0.194 e. The first-order chi connectivity index (χ1) is 8.75. The van der Waals surface area contributed by atoms with Crippen LogP contribution in [-0.4, -0.2) is 31.7 Å². The van der Waals surface area contributed by atoms with Crippen LogP contribution >= 0.6 is 0 Å². The second kappa shape index (κ2) is 4.28. The molecular weight excluding hydrogens is 232 g/mol. The summed E-state index contributed by atoms with van der Waals surface area (Å²) in [6.07, 6.45) is 2.65. The first-order valence-corrected chi connectivity index (χ1v) is 6.25. The molecule has 0 N–H and O–H groups in total. The van der Waals surface area contributed by atoms with Gasteiger partial charge in [-0.1, -0.05) is 0 Å². The maximum absolute atomic E-state index is 12.4. The summed E-state index contributed by atoms with van der Waals surface area (Å²) >= 11 is 0. The maximum atomic E-state index is 12.4. The number of hydrogen-bond donors (Lipinski definition) is 0. The van der Waals surface area contributed by atoms with Gasteiger partial charge in [0.25, 0.3) is 0 Å². The summed E-state index contributed by atoms with van der Waals surface area (Å²) in [5, 5.41) is 0. The van der Waals surface area contributed by atoms with Crippen molar-refractivity contribution in [3.05, 3.63) is 23.8 Å². The zero-order valence-corrected chi connectivity index (χ0v) is 10.4. The molecule has 1 saturated carbocycles. The molecular formula is C14H16O4. The highest BCUT2D eigenvalue weighted by Gasteiger charge is 2.44. The molecule has 0 bridgehead atoms. The van der Waals surface area contributed by atoms with Crippen molar-refractivity contribution in [1.29, 1.82) is 0 Å². The summed E-state index contributed by atoms with van der Waals surface area (Å²) in [7, 11) is 1.61. The van der Waals surface area contributed by atoms with Crippen LogP contribution in [0.3, 0.4) is 0 Å². The maximum Gasteiger partial charge on any atom is 0.194 e. The van der Waals surface area contributed by atoms with Gasteiger partial charge in [-0.05, 0) is 37.5 Å². The number of benzene rings is 1. The van der Waals surface area contributed by atoms with Gasteiger partial charge in [-0.25, -0.2) is 0 Å². The molecule has 0 amide bonds. The van der Waals surface area contributed by atoms with Crippen molar-refractivity contribution >= 4 is 5.78 Å². The van der Waals surface area contributed by atoms with E-state index >= 15 is 0 Å². The number of ether oxygens (including phenoxy) is 3. The number of carbonyl (C=O) groups is 1. The average molecular weight is 248 g/mol. The third-order valence-electron chi connectivity index (χ3n) is 3.77. The fourth-order valence-corrected chi connectivity index (χ4v) is 2.47. The number of methoxy groups -OCH3 is 1. The predicted octanol–water partition coefficient (Wildman–Crippen LogP) is 2.21. The Balaban J connectivity index is 1.90. The Hall–Kier alpha value is -1.55. The molecule has 1 aromatic rings. The highest BCUT2D eigenvalue weighted by molar-refractivity contribution is 6.03. The van der Waals surface area contributed by atoms with E-state index in [0.29, 0.717) is 30.3 Å². The second-order valence-electron chi connectivity index (χ2n) is 4.74. The van der Waals surface area contributed by atoms with Gasteiger partial charge in [-0.15, -0.1) is 0 Å². The van der Waals surface area contributed by atoms with Crippen LogP contribution in [0.1, 0.15) is 29.6 Å². The Morgan fingerprint density at radius 2 is 1.94 bits per heavy atom. The third-order valence-corrected chi connectivity index (χ3v) is 3.77. The van der Waals surface area contributed by atoms with E-state index in [0.717, 1.165) is 19.3 Å². The van der Waals surface area contributed by atoms with Gasteiger partial charge < -0.3 is 14.2 Å². The lowest BCUT2D eigenvalue weighted by Crippen LogP contribution is -2.47. The monoisotopic (exact) mass is 248 g/mol. The molecule has 0 spiro atoms. The van der Waals surface area contributed by atoms with E-state index in [9.17, 15) is 4.79 Å². The highest BCUT2D eigenvalue weighted by atomic mass is 16.6. The first-order valence-electron chi connectivity index (χ1n) is 6.25. The molecule has 4 nitrogen and oxygen atoms in total. The predicted molar refractivity (Wildman–Crippen MR) is 65.4 cm³/mol. The summed E-state index contributed by atoms with van der Waals surface area (Å²) in [5.74, 6) is 1.41. The molecule has 1 fully saturated rings. The van der Waals surface area contributed by atoms with Gasteiger partial charge >= 0.3 is 0 Å². The summed E-state index contributed by atoms with van der Waals surface area (Å²) in [6, 6.07) is 5.34. The highest BCUT2D eigenvalue weighted by Crippen LogP contribution is 2.39. The summed E-state index contributed by atoms with van der Waals surface area (Å²) < 4.78 is 16.3. The zero-order chi connectivity index (χ0) is 12.6. The molecule has 3 rings (SSSR count). The Labute approximate surface area is 106 Å².